The van der Waals surface area contributed by atoms with Gasteiger partial charge in [0.25, 0.3) is 0 Å². The van der Waals surface area contributed by atoms with E-state index in [0.717, 1.165) is 19.9 Å². The maximum absolute atomic E-state index is 4.96. The van der Waals surface area contributed by atoms with Crippen LogP contribution in [-0.2, 0) is 4.74 Å². The van der Waals surface area contributed by atoms with Crippen LogP contribution in [0.4, 0.5) is 0 Å². The summed E-state index contributed by atoms with van der Waals surface area (Å²) in [6, 6.07) is 0. The van der Waals surface area contributed by atoms with Gasteiger partial charge in [0.1, 0.15) is 0 Å². The van der Waals surface area contributed by atoms with Gasteiger partial charge in [0.05, 0.1) is 6.73 Å². The van der Waals surface area contributed by atoms with Crippen LogP contribution >= 0.6 is 12.4 Å². The zero-order valence-electron chi connectivity index (χ0n) is 4.14. The molecule has 1 aliphatic rings. The first kappa shape index (κ1) is 7.21. The molecule has 0 radical (unpaired) electrons. The second kappa shape index (κ2) is 4.37. The van der Waals surface area contributed by atoms with Crippen LogP contribution in [0.2, 0.25) is 0 Å². The van der Waals surface area contributed by atoms with Gasteiger partial charge in [0.15, 0.2) is 0 Å². The van der Waals surface area contributed by atoms with Crippen LogP contribution in [0.1, 0.15) is 6.42 Å². The van der Waals surface area contributed by atoms with E-state index in [9.17, 15) is 0 Å². The van der Waals surface area contributed by atoms with Crippen LogP contribution in [0, 0.1) is 0 Å². The maximum atomic E-state index is 4.96. The van der Waals surface area contributed by atoms with E-state index in [2.05, 4.69) is 5.32 Å². The van der Waals surface area contributed by atoms with E-state index in [-0.39, 0.29) is 12.4 Å². The molecule has 3 heteroatoms. The molecule has 0 saturated carbocycles. The van der Waals surface area contributed by atoms with Gasteiger partial charge < -0.3 is 4.74 Å². The Kier molecular flexibility index (Phi) is 4.50. The van der Waals surface area contributed by atoms with Gasteiger partial charge >= 0.3 is 0 Å². The van der Waals surface area contributed by atoms with Crippen LogP contribution in [0.3, 0.4) is 0 Å². The first-order chi connectivity index (χ1) is 3.00. The van der Waals surface area contributed by atoms with Crippen molar-refractivity contribution in [2.24, 2.45) is 0 Å². The first-order valence-corrected chi connectivity index (χ1v) is 2.28. The minimum Gasteiger partial charge on any atom is -0.366 e. The van der Waals surface area contributed by atoms with E-state index in [1.165, 1.54) is 6.42 Å². The van der Waals surface area contributed by atoms with Crippen LogP contribution in [-0.4, -0.2) is 19.9 Å². The van der Waals surface area contributed by atoms with Crippen molar-refractivity contribution in [1.82, 2.24) is 5.32 Å². The Morgan fingerprint density at radius 1 is 1.43 bits per heavy atom. The molecule has 0 amide bonds. The van der Waals surface area contributed by atoms with E-state index in [1.807, 2.05) is 0 Å². The molecule has 0 atom stereocenters. The lowest BCUT2D eigenvalue weighted by Gasteiger charge is -2.10. The number of hydrogen-bond acceptors (Lipinski definition) is 2. The van der Waals surface area contributed by atoms with Gasteiger partial charge in [0.2, 0.25) is 0 Å². The lowest BCUT2D eigenvalue weighted by Crippen LogP contribution is -2.26. The topological polar surface area (TPSA) is 21.3 Å². The summed E-state index contributed by atoms with van der Waals surface area (Å²) >= 11 is 0. The first-order valence-electron chi connectivity index (χ1n) is 2.28. The lowest BCUT2D eigenvalue weighted by molar-refractivity contribution is 0.0848. The molecule has 0 aromatic heterocycles. The zero-order chi connectivity index (χ0) is 4.24. The fourth-order valence-corrected chi connectivity index (χ4v) is 0.516. The highest BCUT2D eigenvalue weighted by atomic mass is 35.5. The Balaban J connectivity index is 0.000000360. The molecule has 1 rings (SSSR count). The highest BCUT2D eigenvalue weighted by Gasteiger charge is 1.92. The molecular weight excluding hydrogens is 114 g/mol. The summed E-state index contributed by atoms with van der Waals surface area (Å²) in [5, 5.41) is 3.06. The molecule has 0 bridgehead atoms. The van der Waals surface area contributed by atoms with Crippen LogP contribution < -0.4 is 5.32 Å². The normalized spacial score (nSPS) is 20.6. The average Bonchev–Trinajstić information content (AvgIpc) is 1.72. The van der Waals surface area contributed by atoms with Gasteiger partial charge in [-0.15, -0.1) is 12.4 Å². The quantitative estimate of drug-likeness (QED) is 0.503. The molecule has 1 aliphatic heterocycles. The molecule has 0 aromatic rings. The Labute approximate surface area is 49.6 Å². The van der Waals surface area contributed by atoms with E-state index in [1.54, 1.807) is 0 Å². The summed E-state index contributed by atoms with van der Waals surface area (Å²) < 4.78 is 4.96. The van der Waals surface area contributed by atoms with Crippen molar-refractivity contribution in [3.63, 3.8) is 0 Å². The van der Waals surface area contributed by atoms with Crippen molar-refractivity contribution < 1.29 is 4.74 Å². The molecule has 0 aromatic carbocycles. The smallest absolute Gasteiger partial charge is 0.0965 e. The summed E-state index contributed by atoms with van der Waals surface area (Å²) in [6.07, 6.45) is 1.17. The summed E-state index contributed by atoms with van der Waals surface area (Å²) in [5.74, 6) is 0. The van der Waals surface area contributed by atoms with Gasteiger partial charge in [0, 0.05) is 6.61 Å². The predicted octanol–water partition coefficient (Wildman–Crippen LogP) is 0.376. The predicted molar refractivity (Wildman–Crippen MR) is 30.7 cm³/mol. The van der Waals surface area contributed by atoms with E-state index in [0.29, 0.717) is 0 Å². The van der Waals surface area contributed by atoms with Crippen molar-refractivity contribution in [2.45, 2.75) is 6.42 Å². The molecule has 0 spiro atoms. The molecule has 1 heterocycles. The molecule has 1 saturated heterocycles. The molecule has 7 heavy (non-hydrogen) atoms. The number of rotatable bonds is 0. The van der Waals surface area contributed by atoms with Crippen molar-refractivity contribution in [1.29, 1.82) is 0 Å². The number of nitrogens with one attached hydrogen (secondary N) is 1. The van der Waals surface area contributed by atoms with E-state index >= 15 is 0 Å². The van der Waals surface area contributed by atoms with Crippen LogP contribution in [0.15, 0.2) is 0 Å². The molecular formula is C4H10ClNO. The Morgan fingerprint density at radius 2 is 2.29 bits per heavy atom. The van der Waals surface area contributed by atoms with E-state index < -0.39 is 0 Å². The third kappa shape index (κ3) is 2.85. The van der Waals surface area contributed by atoms with Gasteiger partial charge in [-0.2, -0.15) is 0 Å². The summed E-state index contributed by atoms with van der Waals surface area (Å²) in [4.78, 5) is 0. The van der Waals surface area contributed by atoms with Crippen molar-refractivity contribution in [3.05, 3.63) is 0 Å². The minimum absolute atomic E-state index is 0. The molecule has 1 N–H and O–H groups in total. The number of hydrogen-bond donors (Lipinski definition) is 1. The van der Waals surface area contributed by atoms with Gasteiger partial charge in [-0.25, -0.2) is 0 Å². The molecule has 44 valence electrons. The average molecular weight is 124 g/mol. The van der Waals surface area contributed by atoms with E-state index in [4.69, 9.17) is 4.74 Å². The maximum Gasteiger partial charge on any atom is 0.0965 e. The second-order valence-electron chi connectivity index (χ2n) is 1.41. The summed E-state index contributed by atoms with van der Waals surface area (Å²) in [6.45, 7) is 2.81. The largest absolute Gasteiger partial charge is 0.366 e. The zero-order valence-corrected chi connectivity index (χ0v) is 4.96. The fourth-order valence-electron chi connectivity index (χ4n) is 0.516. The second-order valence-corrected chi connectivity index (χ2v) is 1.41. The van der Waals surface area contributed by atoms with Gasteiger partial charge in [-0.05, 0) is 13.0 Å². The number of ether oxygens (including phenoxy) is 1. The van der Waals surface area contributed by atoms with Crippen LogP contribution in [0.5, 0.6) is 0 Å². The molecule has 1 fully saturated rings. The summed E-state index contributed by atoms with van der Waals surface area (Å²) in [5.41, 5.74) is 0. The Hall–Kier alpha value is 0.210. The fraction of sp³-hybridized carbons (Fsp3) is 1.00. The monoisotopic (exact) mass is 123 g/mol. The number of halogens is 1. The Morgan fingerprint density at radius 3 is 2.43 bits per heavy atom. The molecule has 0 unspecified atom stereocenters. The molecule has 0 aliphatic carbocycles. The Bertz CT molecular complexity index is 27.2. The van der Waals surface area contributed by atoms with Crippen LogP contribution in [0.25, 0.3) is 0 Å². The highest BCUT2D eigenvalue weighted by Crippen LogP contribution is 1.83. The van der Waals surface area contributed by atoms with Crippen molar-refractivity contribution in [2.75, 3.05) is 19.9 Å². The standard InChI is InChI=1S/C4H9NO.ClH/c1-2-5-4-6-3-1;/h5H,1-4H2;1H. The summed E-state index contributed by atoms with van der Waals surface area (Å²) in [7, 11) is 0. The van der Waals surface area contributed by atoms with Gasteiger partial charge in [-0.1, -0.05) is 0 Å². The molecule has 2 nitrogen and oxygen atoms in total. The van der Waals surface area contributed by atoms with Gasteiger partial charge in [-0.3, -0.25) is 5.32 Å². The third-order valence-electron chi connectivity index (χ3n) is 0.846. The van der Waals surface area contributed by atoms with Crippen molar-refractivity contribution >= 4 is 12.4 Å². The van der Waals surface area contributed by atoms with Crippen molar-refractivity contribution in [3.8, 4) is 0 Å². The third-order valence-corrected chi connectivity index (χ3v) is 0.846. The highest BCUT2D eigenvalue weighted by molar-refractivity contribution is 5.85. The minimum atomic E-state index is 0. The lowest BCUT2D eigenvalue weighted by atomic mass is 10.4. The SMILES string of the molecule is C1CNCOC1.Cl.